The summed E-state index contributed by atoms with van der Waals surface area (Å²) >= 11 is 0. The van der Waals surface area contributed by atoms with Crippen LogP contribution < -0.4 is 19.7 Å². The number of amides is 1. The molecule has 42 heavy (non-hydrogen) atoms. The SMILES string of the molecule is CC(F)(F)C1CNCCN(c2cccc(C(O)C(=O)N3CC4=C(C3)CN(S(=O)(=O)c3ccc5c(c3)OCCO5)C4)c2)C1. The molecule has 4 heterocycles. The number of aliphatic hydroxyl groups excluding tert-OH is 1. The third-order valence-electron chi connectivity index (χ3n) is 8.35. The lowest BCUT2D eigenvalue weighted by molar-refractivity contribution is -0.139. The van der Waals surface area contributed by atoms with Crippen LogP contribution >= 0.6 is 0 Å². The lowest BCUT2D eigenvalue weighted by atomic mass is 10.0. The molecule has 2 atom stereocenters. The number of hydrogen-bond donors (Lipinski definition) is 2. The standard InChI is InChI=1S/C29H34F2N4O6S/c1-29(30,31)22-13-32-7-8-33(18-22)23-4-2-3-19(11-23)27(36)28(37)34-14-20-16-35(17-21(20)15-34)42(38,39)24-5-6-25-26(12-24)41-10-9-40-25/h2-6,11-12,22,27,32,36H,7-10,13-18H2,1H3. The molecule has 10 nitrogen and oxygen atoms in total. The van der Waals surface area contributed by atoms with E-state index < -0.39 is 33.9 Å². The van der Waals surface area contributed by atoms with Gasteiger partial charge in [-0.2, -0.15) is 4.31 Å². The first-order valence-corrected chi connectivity index (χ1v) is 15.4. The fourth-order valence-electron chi connectivity index (χ4n) is 5.90. The summed E-state index contributed by atoms with van der Waals surface area (Å²) in [6.07, 6.45) is -1.43. The van der Waals surface area contributed by atoms with Crippen molar-refractivity contribution in [3.8, 4) is 11.5 Å². The van der Waals surface area contributed by atoms with Gasteiger partial charge in [-0.05, 0) is 47.9 Å². The molecule has 226 valence electrons. The predicted molar refractivity (Wildman–Crippen MR) is 150 cm³/mol. The Hall–Kier alpha value is -3.26. The molecule has 2 aromatic rings. The zero-order valence-corrected chi connectivity index (χ0v) is 24.1. The Kier molecular flexibility index (Phi) is 7.62. The first-order chi connectivity index (χ1) is 20.0. The van der Waals surface area contributed by atoms with Crippen molar-refractivity contribution in [3.63, 3.8) is 0 Å². The Bertz CT molecular complexity index is 1490. The number of alkyl halides is 2. The van der Waals surface area contributed by atoms with Crippen LogP contribution in [0, 0.1) is 5.92 Å². The number of carbonyl (C=O) groups is 1. The summed E-state index contributed by atoms with van der Waals surface area (Å²) in [6, 6.07) is 11.4. The first-order valence-electron chi connectivity index (χ1n) is 14.0. The van der Waals surface area contributed by atoms with E-state index in [1.807, 2.05) is 4.90 Å². The second kappa shape index (κ2) is 11.1. The molecule has 0 aromatic heterocycles. The van der Waals surface area contributed by atoms with Gasteiger partial charge in [-0.25, -0.2) is 17.2 Å². The largest absolute Gasteiger partial charge is 0.486 e. The van der Waals surface area contributed by atoms with Gasteiger partial charge >= 0.3 is 0 Å². The van der Waals surface area contributed by atoms with Crippen LogP contribution in [0.1, 0.15) is 18.6 Å². The van der Waals surface area contributed by atoms with E-state index in [4.69, 9.17) is 9.47 Å². The molecule has 0 radical (unpaired) electrons. The number of anilines is 1. The molecule has 1 amide bonds. The molecule has 4 aliphatic rings. The van der Waals surface area contributed by atoms with Gasteiger partial charge in [0.1, 0.15) is 13.2 Å². The summed E-state index contributed by atoms with van der Waals surface area (Å²) in [5, 5.41) is 14.1. The summed E-state index contributed by atoms with van der Waals surface area (Å²) in [4.78, 5) is 16.8. The molecule has 6 rings (SSSR count). The van der Waals surface area contributed by atoms with Gasteiger partial charge in [0.2, 0.25) is 10.0 Å². The Balaban J connectivity index is 1.09. The van der Waals surface area contributed by atoms with Crippen LogP contribution in [0.25, 0.3) is 0 Å². The van der Waals surface area contributed by atoms with Crippen LogP contribution in [0.4, 0.5) is 14.5 Å². The van der Waals surface area contributed by atoms with Crippen molar-refractivity contribution in [2.75, 3.05) is 70.5 Å². The maximum absolute atomic E-state index is 14.1. The molecule has 0 aliphatic carbocycles. The number of halogens is 2. The zero-order chi connectivity index (χ0) is 29.6. The fraction of sp³-hybridized carbons (Fsp3) is 0.483. The highest BCUT2D eigenvalue weighted by Gasteiger charge is 2.40. The average molecular weight is 605 g/mol. The van der Waals surface area contributed by atoms with Crippen molar-refractivity contribution in [2.24, 2.45) is 5.92 Å². The van der Waals surface area contributed by atoms with Gasteiger partial charge < -0.3 is 29.7 Å². The average Bonchev–Trinajstić information content (AvgIpc) is 3.46. The molecular weight excluding hydrogens is 570 g/mol. The highest BCUT2D eigenvalue weighted by Crippen LogP contribution is 2.36. The van der Waals surface area contributed by atoms with Gasteiger partial charge in [0.05, 0.1) is 10.8 Å². The number of rotatable bonds is 6. The summed E-state index contributed by atoms with van der Waals surface area (Å²) < 4.78 is 67.3. The molecule has 0 spiro atoms. The fourth-order valence-corrected chi connectivity index (χ4v) is 7.34. The molecule has 1 fully saturated rings. The van der Waals surface area contributed by atoms with E-state index >= 15 is 0 Å². The topological polar surface area (TPSA) is 112 Å². The van der Waals surface area contributed by atoms with Crippen molar-refractivity contribution in [1.82, 2.24) is 14.5 Å². The number of sulfonamides is 1. The van der Waals surface area contributed by atoms with Crippen molar-refractivity contribution in [3.05, 3.63) is 59.2 Å². The Labute approximate surface area is 243 Å². The minimum absolute atomic E-state index is 0.116. The maximum atomic E-state index is 14.1. The molecule has 2 N–H and O–H groups in total. The summed E-state index contributed by atoms with van der Waals surface area (Å²) in [5.41, 5.74) is 2.73. The van der Waals surface area contributed by atoms with Gasteiger partial charge in [-0.1, -0.05) is 12.1 Å². The highest BCUT2D eigenvalue weighted by molar-refractivity contribution is 7.89. The van der Waals surface area contributed by atoms with Gasteiger partial charge in [0.15, 0.2) is 17.6 Å². The monoisotopic (exact) mass is 604 g/mol. The lowest BCUT2D eigenvalue weighted by Crippen LogP contribution is -2.39. The second-order valence-corrected chi connectivity index (χ2v) is 13.2. The number of nitrogens with zero attached hydrogens (tertiary/aromatic N) is 3. The van der Waals surface area contributed by atoms with Crippen molar-refractivity contribution >= 4 is 21.6 Å². The molecule has 2 aromatic carbocycles. The van der Waals surface area contributed by atoms with Crippen LogP contribution in [0.2, 0.25) is 0 Å². The van der Waals surface area contributed by atoms with Gasteiger partial charge in [-0.3, -0.25) is 4.79 Å². The van der Waals surface area contributed by atoms with E-state index in [9.17, 15) is 27.1 Å². The van der Waals surface area contributed by atoms with Crippen LogP contribution in [0.5, 0.6) is 11.5 Å². The molecule has 13 heteroatoms. The van der Waals surface area contributed by atoms with Crippen LogP contribution in [-0.2, 0) is 14.8 Å². The van der Waals surface area contributed by atoms with Gasteiger partial charge in [0.25, 0.3) is 11.8 Å². The lowest BCUT2D eigenvalue weighted by Gasteiger charge is -2.29. The second-order valence-electron chi connectivity index (χ2n) is 11.3. The third-order valence-corrected chi connectivity index (χ3v) is 10.1. The number of nitrogens with one attached hydrogen (secondary N) is 1. The number of ether oxygens (including phenoxy) is 2. The molecule has 1 saturated heterocycles. The third kappa shape index (κ3) is 5.58. The molecule has 4 aliphatic heterocycles. The summed E-state index contributed by atoms with van der Waals surface area (Å²) in [6.45, 7) is 3.89. The van der Waals surface area contributed by atoms with E-state index in [-0.39, 0.29) is 44.2 Å². The minimum Gasteiger partial charge on any atom is -0.486 e. The van der Waals surface area contributed by atoms with Crippen LogP contribution in [-0.4, -0.2) is 100 Å². The Morgan fingerprint density at radius 2 is 1.76 bits per heavy atom. The Morgan fingerprint density at radius 1 is 1.05 bits per heavy atom. The van der Waals surface area contributed by atoms with E-state index in [1.165, 1.54) is 21.3 Å². The van der Waals surface area contributed by atoms with Crippen molar-refractivity contribution < 1.29 is 36.6 Å². The Morgan fingerprint density at radius 3 is 2.48 bits per heavy atom. The molecule has 2 unspecified atom stereocenters. The van der Waals surface area contributed by atoms with Crippen LogP contribution in [0.15, 0.2) is 58.5 Å². The quantitative estimate of drug-likeness (QED) is 0.482. The first kappa shape index (κ1) is 28.8. The smallest absolute Gasteiger partial charge is 0.256 e. The van der Waals surface area contributed by atoms with Crippen LogP contribution in [0.3, 0.4) is 0 Å². The van der Waals surface area contributed by atoms with Crippen molar-refractivity contribution in [2.45, 2.75) is 23.8 Å². The number of hydrogen-bond acceptors (Lipinski definition) is 8. The minimum atomic E-state index is -3.80. The summed E-state index contributed by atoms with van der Waals surface area (Å²) in [7, 11) is -3.80. The van der Waals surface area contributed by atoms with E-state index in [1.54, 1.807) is 30.3 Å². The van der Waals surface area contributed by atoms with E-state index in [0.29, 0.717) is 49.1 Å². The van der Waals surface area contributed by atoms with E-state index in [0.717, 1.165) is 18.1 Å². The number of aliphatic hydroxyl groups is 1. The highest BCUT2D eigenvalue weighted by atomic mass is 32.2. The normalized spacial score (nSPS) is 22.2. The molecule has 0 saturated carbocycles. The van der Waals surface area contributed by atoms with Crippen molar-refractivity contribution in [1.29, 1.82) is 0 Å². The summed E-state index contributed by atoms with van der Waals surface area (Å²) in [5.74, 6) is -3.29. The molecular formula is C29H34F2N4O6S. The molecule has 0 bridgehead atoms. The predicted octanol–water partition coefficient (Wildman–Crippen LogP) is 2.02. The van der Waals surface area contributed by atoms with Gasteiger partial charge in [-0.15, -0.1) is 0 Å². The maximum Gasteiger partial charge on any atom is 0.256 e. The van der Waals surface area contributed by atoms with E-state index in [2.05, 4.69) is 5.32 Å². The number of benzene rings is 2. The number of fused-ring (bicyclic) bond motifs is 1. The number of carbonyl (C=O) groups excluding carboxylic acids is 1. The zero-order valence-electron chi connectivity index (χ0n) is 23.3. The van der Waals surface area contributed by atoms with Gasteiger partial charge in [0, 0.05) is 64.1 Å².